The number of dihydropyridines is 1. The van der Waals surface area contributed by atoms with Crippen LogP contribution in [-0.4, -0.2) is 11.5 Å². The summed E-state index contributed by atoms with van der Waals surface area (Å²) >= 11 is 0. The topological polar surface area (TPSA) is 50.9 Å². The van der Waals surface area contributed by atoms with E-state index in [0.29, 0.717) is 0 Å². The van der Waals surface area contributed by atoms with E-state index >= 15 is 0 Å². The van der Waals surface area contributed by atoms with Crippen LogP contribution in [0.4, 0.5) is 5.69 Å². The van der Waals surface area contributed by atoms with Crippen LogP contribution < -0.4 is 11.1 Å². The van der Waals surface area contributed by atoms with Crippen LogP contribution in [-0.2, 0) is 0 Å². The molecule has 0 bridgehead atoms. The summed E-state index contributed by atoms with van der Waals surface area (Å²) < 4.78 is 0. The third-order valence-corrected chi connectivity index (χ3v) is 3.03. The number of nitrogen functional groups attached to an aromatic ring is 1. The molecule has 3 rings (SSSR count). The van der Waals surface area contributed by atoms with Gasteiger partial charge in [0.2, 0.25) is 0 Å². The van der Waals surface area contributed by atoms with E-state index in [1.165, 1.54) is 0 Å². The Hall–Kier alpha value is -2.55. The lowest BCUT2D eigenvalue weighted by atomic mass is 10.1. The van der Waals surface area contributed by atoms with Crippen LogP contribution in [0.1, 0.15) is 5.69 Å². The number of benzene rings is 1. The first-order valence-electron chi connectivity index (χ1n) is 6.26. The van der Waals surface area contributed by atoms with Gasteiger partial charge >= 0.3 is 0 Å². The Morgan fingerprint density at radius 2 is 1.84 bits per heavy atom. The molecule has 3 heteroatoms. The predicted octanol–water partition coefficient (Wildman–Crippen LogP) is 2.83. The number of anilines is 1. The maximum Gasteiger partial charge on any atom is 0.0730 e. The van der Waals surface area contributed by atoms with Crippen LogP contribution in [0.25, 0.3) is 16.8 Å². The van der Waals surface area contributed by atoms with Gasteiger partial charge in [-0.15, -0.1) is 0 Å². The van der Waals surface area contributed by atoms with E-state index in [2.05, 4.69) is 11.4 Å². The average molecular weight is 249 g/mol. The van der Waals surface area contributed by atoms with Gasteiger partial charge in [-0.3, -0.25) is 0 Å². The van der Waals surface area contributed by atoms with Gasteiger partial charge in [-0.1, -0.05) is 36.4 Å². The first kappa shape index (κ1) is 11.5. The maximum atomic E-state index is 6.00. The van der Waals surface area contributed by atoms with E-state index in [4.69, 9.17) is 10.7 Å². The lowest BCUT2D eigenvalue weighted by molar-refractivity contribution is 0.974. The summed E-state index contributed by atoms with van der Waals surface area (Å²) in [5.41, 5.74) is 10.7. The average Bonchev–Trinajstić information content (AvgIpc) is 2.48. The number of nitrogens with one attached hydrogen (secondary N) is 1. The quantitative estimate of drug-likeness (QED) is 0.860. The Bertz CT molecular complexity index is 642. The van der Waals surface area contributed by atoms with Crippen LogP contribution >= 0.6 is 0 Å². The molecule has 0 radical (unpaired) electrons. The Morgan fingerprint density at radius 1 is 1.05 bits per heavy atom. The molecule has 19 heavy (non-hydrogen) atoms. The number of aromatic nitrogens is 1. The van der Waals surface area contributed by atoms with Gasteiger partial charge in [0.05, 0.1) is 11.4 Å². The van der Waals surface area contributed by atoms with Crippen molar-refractivity contribution in [1.82, 2.24) is 10.3 Å². The van der Waals surface area contributed by atoms with Crippen molar-refractivity contribution in [2.45, 2.75) is 0 Å². The SMILES string of the molecule is Nc1cc(C2=CCNC=C2)nc(-c2ccccc2)c1. The second kappa shape index (κ2) is 4.98. The van der Waals surface area contributed by atoms with E-state index in [9.17, 15) is 0 Å². The summed E-state index contributed by atoms with van der Waals surface area (Å²) in [6.45, 7) is 0.822. The highest BCUT2D eigenvalue weighted by Gasteiger charge is 2.07. The van der Waals surface area contributed by atoms with Crippen molar-refractivity contribution in [2.24, 2.45) is 0 Å². The second-order valence-electron chi connectivity index (χ2n) is 4.44. The summed E-state index contributed by atoms with van der Waals surface area (Å²) in [7, 11) is 0. The Labute approximate surface area is 112 Å². The molecule has 2 heterocycles. The third-order valence-electron chi connectivity index (χ3n) is 3.03. The largest absolute Gasteiger partial charge is 0.399 e. The predicted molar refractivity (Wildman–Crippen MR) is 79.2 cm³/mol. The van der Waals surface area contributed by atoms with Crippen molar-refractivity contribution in [3.8, 4) is 11.3 Å². The molecule has 0 aliphatic carbocycles. The van der Waals surface area contributed by atoms with Gasteiger partial charge < -0.3 is 11.1 Å². The summed E-state index contributed by atoms with van der Waals surface area (Å²) in [5.74, 6) is 0. The molecule has 2 aromatic rings. The highest BCUT2D eigenvalue weighted by atomic mass is 14.8. The molecule has 0 saturated heterocycles. The second-order valence-corrected chi connectivity index (χ2v) is 4.44. The molecule has 1 aromatic carbocycles. The molecule has 0 atom stereocenters. The highest BCUT2D eigenvalue weighted by Crippen LogP contribution is 2.24. The smallest absolute Gasteiger partial charge is 0.0730 e. The molecule has 1 aromatic heterocycles. The minimum Gasteiger partial charge on any atom is -0.399 e. The zero-order chi connectivity index (χ0) is 13.1. The van der Waals surface area contributed by atoms with E-state index in [1.54, 1.807) is 0 Å². The molecule has 1 aliphatic heterocycles. The molecule has 3 N–H and O–H groups in total. The molecule has 3 nitrogen and oxygen atoms in total. The molecular formula is C16H15N3. The first-order valence-corrected chi connectivity index (χ1v) is 6.26. The van der Waals surface area contributed by atoms with Crippen LogP contribution in [0.5, 0.6) is 0 Å². The lowest BCUT2D eigenvalue weighted by Gasteiger charge is -2.10. The van der Waals surface area contributed by atoms with E-state index < -0.39 is 0 Å². The Kier molecular flexibility index (Phi) is 3.02. The van der Waals surface area contributed by atoms with E-state index in [1.807, 2.05) is 54.7 Å². The number of hydrogen-bond acceptors (Lipinski definition) is 3. The normalized spacial score (nSPS) is 13.8. The van der Waals surface area contributed by atoms with Gasteiger partial charge in [0, 0.05) is 17.8 Å². The molecule has 0 fully saturated rings. The molecule has 1 aliphatic rings. The standard InChI is InChI=1S/C16H15N3/c17-14-10-15(12-4-2-1-3-5-12)19-16(11-14)13-6-8-18-9-7-13/h1-8,10-11,18H,9H2,(H2,17,19). The molecular weight excluding hydrogens is 234 g/mol. The van der Waals surface area contributed by atoms with Crippen LogP contribution in [0.3, 0.4) is 0 Å². The lowest BCUT2D eigenvalue weighted by Crippen LogP contribution is -2.09. The number of nitrogens with two attached hydrogens (primary N) is 1. The van der Waals surface area contributed by atoms with Crippen LogP contribution in [0.2, 0.25) is 0 Å². The van der Waals surface area contributed by atoms with Crippen molar-refractivity contribution in [1.29, 1.82) is 0 Å². The van der Waals surface area contributed by atoms with Crippen molar-refractivity contribution >= 4 is 11.3 Å². The van der Waals surface area contributed by atoms with Crippen molar-refractivity contribution in [2.75, 3.05) is 12.3 Å². The van der Waals surface area contributed by atoms with Gasteiger partial charge in [-0.25, -0.2) is 4.98 Å². The molecule has 94 valence electrons. The summed E-state index contributed by atoms with van der Waals surface area (Å²) in [6, 6.07) is 13.9. The maximum absolute atomic E-state index is 6.00. The number of allylic oxidation sites excluding steroid dienone is 2. The van der Waals surface area contributed by atoms with Gasteiger partial charge in [0.1, 0.15) is 0 Å². The zero-order valence-corrected chi connectivity index (χ0v) is 10.5. The first-order chi connectivity index (χ1) is 9.33. The van der Waals surface area contributed by atoms with Gasteiger partial charge in [0.15, 0.2) is 0 Å². The van der Waals surface area contributed by atoms with Crippen LogP contribution in [0, 0.1) is 0 Å². The Balaban J connectivity index is 2.06. The molecule has 0 amide bonds. The summed E-state index contributed by atoms with van der Waals surface area (Å²) in [5, 5.41) is 3.13. The summed E-state index contributed by atoms with van der Waals surface area (Å²) in [4.78, 5) is 4.70. The van der Waals surface area contributed by atoms with Gasteiger partial charge in [-0.2, -0.15) is 0 Å². The fourth-order valence-corrected chi connectivity index (χ4v) is 2.10. The number of rotatable bonds is 2. The fourth-order valence-electron chi connectivity index (χ4n) is 2.10. The number of hydrogen-bond donors (Lipinski definition) is 2. The zero-order valence-electron chi connectivity index (χ0n) is 10.5. The summed E-state index contributed by atoms with van der Waals surface area (Å²) in [6.07, 6.45) is 6.05. The van der Waals surface area contributed by atoms with Crippen molar-refractivity contribution < 1.29 is 0 Å². The van der Waals surface area contributed by atoms with Crippen molar-refractivity contribution in [3.63, 3.8) is 0 Å². The monoisotopic (exact) mass is 249 g/mol. The van der Waals surface area contributed by atoms with E-state index in [-0.39, 0.29) is 0 Å². The van der Waals surface area contributed by atoms with E-state index in [0.717, 1.165) is 34.8 Å². The third kappa shape index (κ3) is 2.50. The van der Waals surface area contributed by atoms with Gasteiger partial charge in [-0.05, 0) is 30.0 Å². The van der Waals surface area contributed by atoms with Gasteiger partial charge in [0.25, 0.3) is 0 Å². The number of nitrogens with zero attached hydrogens (tertiary/aromatic N) is 1. The minimum absolute atomic E-state index is 0.733. The molecule has 0 unspecified atom stereocenters. The number of pyridine rings is 1. The Morgan fingerprint density at radius 3 is 2.58 bits per heavy atom. The van der Waals surface area contributed by atoms with Crippen molar-refractivity contribution in [3.05, 3.63) is 66.5 Å². The molecule has 0 saturated carbocycles. The fraction of sp³-hybridized carbons (Fsp3) is 0.0625. The van der Waals surface area contributed by atoms with Crippen LogP contribution in [0.15, 0.2) is 60.8 Å². The highest BCUT2D eigenvalue weighted by molar-refractivity contribution is 5.76. The molecule has 0 spiro atoms. The minimum atomic E-state index is 0.733.